The Balaban J connectivity index is 2.09. The number of nitrogens with zero attached hydrogens (tertiary/aromatic N) is 2. The maximum atomic E-state index is 14.4. The van der Waals surface area contributed by atoms with E-state index >= 15 is 0 Å². The average molecular weight is 460 g/mol. The van der Waals surface area contributed by atoms with E-state index in [1.807, 2.05) is 0 Å². The highest BCUT2D eigenvalue weighted by atomic mass is 19.4. The highest BCUT2D eigenvalue weighted by molar-refractivity contribution is 6.54. The van der Waals surface area contributed by atoms with E-state index in [0.717, 1.165) is 0 Å². The summed E-state index contributed by atoms with van der Waals surface area (Å²) in [6.45, 7) is 1.14. The van der Waals surface area contributed by atoms with E-state index in [-0.39, 0.29) is 12.2 Å². The van der Waals surface area contributed by atoms with E-state index in [1.54, 1.807) is 42.5 Å². The Morgan fingerprint density at radius 2 is 1.79 bits per heavy atom. The van der Waals surface area contributed by atoms with Crippen LogP contribution < -0.4 is 9.64 Å². The first-order chi connectivity index (χ1) is 15.6. The van der Waals surface area contributed by atoms with Gasteiger partial charge in [-0.1, -0.05) is 42.5 Å². The number of rotatable bonds is 7. The summed E-state index contributed by atoms with van der Waals surface area (Å²) >= 11 is 0. The molecule has 3 rings (SSSR count). The van der Waals surface area contributed by atoms with Gasteiger partial charge in [-0.2, -0.15) is 13.2 Å². The lowest BCUT2D eigenvalue weighted by Crippen LogP contribution is -2.52. The minimum atomic E-state index is -5.12. The predicted octanol–water partition coefficient (Wildman–Crippen LogP) is 4.43. The number of halogens is 3. The second-order valence-electron chi connectivity index (χ2n) is 7.30. The number of aliphatic imine (C=N–C) groups is 1. The number of likely N-dealkylation sites (N-methyl/N-ethyl adjacent to an activating group) is 1. The maximum absolute atomic E-state index is 14.4. The van der Waals surface area contributed by atoms with Crippen molar-refractivity contribution in [1.82, 2.24) is 0 Å². The molecule has 0 spiro atoms. The number of amides is 1. The van der Waals surface area contributed by atoms with Crippen molar-refractivity contribution in [1.29, 1.82) is 0 Å². The van der Waals surface area contributed by atoms with Gasteiger partial charge in [0.1, 0.15) is 11.5 Å². The van der Waals surface area contributed by atoms with Crippen molar-refractivity contribution < 1.29 is 32.2 Å². The van der Waals surface area contributed by atoms with Gasteiger partial charge >= 0.3 is 12.1 Å². The number of para-hydroxylation sites is 1. The van der Waals surface area contributed by atoms with Crippen LogP contribution >= 0.6 is 0 Å². The molecule has 0 aliphatic carbocycles. The van der Waals surface area contributed by atoms with Gasteiger partial charge in [-0.15, -0.1) is 0 Å². The molecule has 1 heterocycles. The van der Waals surface area contributed by atoms with Gasteiger partial charge in [0.25, 0.3) is 11.4 Å². The summed E-state index contributed by atoms with van der Waals surface area (Å²) in [4.78, 5) is 30.4. The number of ether oxygens (including phenoxy) is 2. The van der Waals surface area contributed by atoms with Gasteiger partial charge in [0.05, 0.1) is 19.4 Å². The molecule has 0 fully saturated rings. The lowest BCUT2D eigenvalue weighted by Gasteiger charge is -2.29. The SMILES string of the molecule is CCOC(=O)[C@@](C/C=C/c1ccc(OC)cc1)(N=C1C(=O)N(C)c2ccccc21)C(F)(F)F. The van der Waals surface area contributed by atoms with Gasteiger partial charge in [0.15, 0.2) is 0 Å². The van der Waals surface area contributed by atoms with Crippen LogP contribution in [0.5, 0.6) is 5.75 Å². The van der Waals surface area contributed by atoms with Crippen LogP contribution in [0, 0.1) is 0 Å². The van der Waals surface area contributed by atoms with Crippen molar-refractivity contribution >= 4 is 29.4 Å². The van der Waals surface area contributed by atoms with Crippen LogP contribution in [0.1, 0.15) is 24.5 Å². The fourth-order valence-corrected chi connectivity index (χ4v) is 3.45. The molecular weight excluding hydrogens is 437 g/mol. The van der Waals surface area contributed by atoms with Crippen LogP contribution in [-0.2, 0) is 14.3 Å². The lowest BCUT2D eigenvalue weighted by molar-refractivity contribution is -0.204. The summed E-state index contributed by atoms with van der Waals surface area (Å²) < 4.78 is 53.2. The van der Waals surface area contributed by atoms with Crippen molar-refractivity contribution in [3.8, 4) is 5.75 Å². The van der Waals surface area contributed by atoms with E-state index in [0.29, 0.717) is 17.0 Å². The number of hydrogen-bond acceptors (Lipinski definition) is 5. The van der Waals surface area contributed by atoms with Crippen molar-refractivity contribution in [3.05, 3.63) is 65.7 Å². The molecule has 0 aromatic heterocycles. The molecule has 0 saturated carbocycles. The highest BCUT2D eigenvalue weighted by Gasteiger charge is 2.62. The average Bonchev–Trinajstić information content (AvgIpc) is 3.03. The lowest BCUT2D eigenvalue weighted by atomic mass is 9.93. The van der Waals surface area contributed by atoms with Gasteiger partial charge in [0, 0.05) is 19.0 Å². The molecule has 0 bridgehead atoms. The summed E-state index contributed by atoms with van der Waals surface area (Å²) in [5, 5.41) is 0. The number of anilines is 1. The summed E-state index contributed by atoms with van der Waals surface area (Å²) in [7, 11) is 2.94. The zero-order valence-corrected chi connectivity index (χ0v) is 18.3. The quantitative estimate of drug-likeness (QED) is 0.574. The van der Waals surface area contributed by atoms with E-state index in [1.165, 1.54) is 44.2 Å². The molecule has 2 aromatic rings. The van der Waals surface area contributed by atoms with Crippen LogP contribution in [0.4, 0.5) is 18.9 Å². The first-order valence-electron chi connectivity index (χ1n) is 10.2. The molecule has 9 heteroatoms. The van der Waals surface area contributed by atoms with E-state index < -0.39 is 35.7 Å². The predicted molar refractivity (Wildman–Crippen MR) is 118 cm³/mol. The Bertz CT molecular complexity index is 1090. The van der Waals surface area contributed by atoms with Crippen LogP contribution in [0.3, 0.4) is 0 Å². The Hall–Kier alpha value is -3.62. The number of carbonyl (C=O) groups excluding carboxylic acids is 2. The number of fused-ring (bicyclic) bond motifs is 1. The molecule has 1 aliphatic rings. The molecule has 33 heavy (non-hydrogen) atoms. The summed E-state index contributed by atoms with van der Waals surface area (Å²) in [6, 6.07) is 13.0. The minimum Gasteiger partial charge on any atom is -0.497 e. The van der Waals surface area contributed by atoms with Crippen LogP contribution in [-0.4, -0.2) is 50.1 Å². The molecule has 1 atom stereocenters. The first-order valence-corrected chi connectivity index (χ1v) is 10.2. The second-order valence-corrected chi connectivity index (χ2v) is 7.30. The Morgan fingerprint density at radius 3 is 2.39 bits per heavy atom. The highest BCUT2D eigenvalue weighted by Crippen LogP contribution is 2.40. The number of carbonyl (C=O) groups is 2. The molecule has 2 aromatic carbocycles. The monoisotopic (exact) mass is 460 g/mol. The van der Waals surface area contributed by atoms with Crippen molar-refractivity contribution in [2.24, 2.45) is 4.99 Å². The third-order valence-electron chi connectivity index (χ3n) is 5.25. The fraction of sp³-hybridized carbons (Fsp3) is 0.292. The maximum Gasteiger partial charge on any atom is 0.424 e. The number of esters is 1. The molecular formula is C24H23F3N2O4. The zero-order chi connectivity index (χ0) is 24.2. The third-order valence-corrected chi connectivity index (χ3v) is 5.25. The molecule has 0 saturated heterocycles. The molecule has 174 valence electrons. The van der Waals surface area contributed by atoms with E-state index in [4.69, 9.17) is 9.47 Å². The minimum absolute atomic E-state index is 0.224. The van der Waals surface area contributed by atoms with Crippen LogP contribution in [0.15, 0.2) is 59.6 Å². The second kappa shape index (κ2) is 9.48. The van der Waals surface area contributed by atoms with Gasteiger partial charge in [0.2, 0.25) is 0 Å². The summed E-state index contributed by atoms with van der Waals surface area (Å²) in [5.41, 5.74) is -2.48. The van der Waals surface area contributed by atoms with Crippen molar-refractivity contribution in [2.45, 2.75) is 25.1 Å². The van der Waals surface area contributed by atoms with Gasteiger partial charge in [-0.05, 0) is 30.7 Å². The molecule has 0 radical (unpaired) electrons. The Labute approximate surface area is 189 Å². The topological polar surface area (TPSA) is 68.2 Å². The Kier molecular flexibility index (Phi) is 6.90. The molecule has 1 amide bonds. The summed E-state index contributed by atoms with van der Waals surface area (Å²) in [5.74, 6) is -1.70. The van der Waals surface area contributed by atoms with Gasteiger partial charge < -0.3 is 14.4 Å². The largest absolute Gasteiger partial charge is 0.497 e. The molecule has 0 unspecified atom stereocenters. The first kappa shape index (κ1) is 24.0. The third kappa shape index (κ3) is 4.62. The standard InChI is InChI=1S/C24H23F3N2O4/c1-4-33-22(31)23(24(25,26)27,15-7-8-16-11-13-17(32-3)14-12-16)28-20-18-9-5-6-10-19(18)29(2)21(20)30/h5-14H,4,15H2,1-3H3/b8-7+,28-20?/t23-/m1/s1. The van der Waals surface area contributed by atoms with Gasteiger partial charge in [-0.25, -0.2) is 4.79 Å². The number of hydrogen-bond donors (Lipinski definition) is 0. The number of methoxy groups -OCH3 is 1. The number of benzene rings is 2. The van der Waals surface area contributed by atoms with Gasteiger partial charge in [-0.3, -0.25) is 9.79 Å². The fourth-order valence-electron chi connectivity index (χ4n) is 3.45. The van der Waals surface area contributed by atoms with E-state index in [9.17, 15) is 22.8 Å². The van der Waals surface area contributed by atoms with E-state index in [2.05, 4.69) is 4.99 Å². The molecule has 1 aliphatic heterocycles. The molecule has 0 N–H and O–H groups in total. The number of alkyl halides is 3. The van der Waals surface area contributed by atoms with Crippen LogP contribution in [0.25, 0.3) is 6.08 Å². The smallest absolute Gasteiger partial charge is 0.424 e. The Morgan fingerprint density at radius 1 is 1.12 bits per heavy atom. The normalized spacial score (nSPS) is 16.7. The van der Waals surface area contributed by atoms with Crippen LogP contribution in [0.2, 0.25) is 0 Å². The van der Waals surface area contributed by atoms with Crippen molar-refractivity contribution in [3.63, 3.8) is 0 Å². The molecule has 6 nitrogen and oxygen atoms in total. The summed E-state index contributed by atoms with van der Waals surface area (Å²) in [6.07, 6.45) is -3.32. The zero-order valence-electron chi connectivity index (χ0n) is 18.3. The van der Waals surface area contributed by atoms with Crippen molar-refractivity contribution in [2.75, 3.05) is 25.7 Å².